The monoisotopic (exact) mass is 360 g/mol. The lowest BCUT2D eigenvalue weighted by atomic mass is 10.1. The molecule has 140 valence electrons. The molecule has 1 atom stereocenters. The smallest absolute Gasteiger partial charge is 0.237 e. The molecule has 8 nitrogen and oxygen atoms in total. The topological polar surface area (TPSA) is 98.5 Å². The molecule has 1 aliphatic rings. The highest BCUT2D eigenvalue weighted by Crippen LogP contribution is 2.28. The largest absolute Gasteiger partial charge is 0.493 e. The van der Waals surface area contributed by atoms with Crippen LogP contribution in [0.2, 0.25) is 0 Å². The van der Waals surface area contributed by atoms with Crippen LogP contribution in [-0.4, -0.2) is 49.4 Å². The van der Waals surface area contributed by atoms with Gasteiger partial charge in [-0.15, -0.1) is 0 Å². The molecular weight excluding hydrogens is 336 g/mol. The zero-order valence-corrected chi connectivity index (χ0v) is 15.1. The highest BCUT2D eigenvalue weighted by atomic mass is 16.5. The lowest BCUT2D eigenvalue weighted by Gasteiger charge is -2.09. The predicted octanol–water partition coefficient (Wildman–Crippen LogP) is 1.09. The second-order valence-corrected chi connectivity index (χ2v) is 6.16. The van der Waals surface area contributed by atoms with Crippen LogP contribution in [0.15, 0.2) is 22.7 Å². The molecule has 1 aromatic heterocycles. The van der Waals surface area contributed by atoms with Crippen molar-refractivity contribution in [2.45, 2.75) is 31.7 Å². The van der Waals surface area contributed by atoms with E-state index in [0.717, 1.165) is 24.9 Å². The van der Waals surface area contributed by atoms with E-state index < -0.39 is 0 Å². The Hall–Kier alpha value is -2.61. The molecule has 3 rings (SSSR count). The van der Waals surface area contributed by atoms with Crippen LogP contribution in [0.5, 0.6) is 11.5 Å². The number of nitrogens with one attached hydrogen (secondary N) is 2. The maximum absolute atomic E-state index is 11.9. The summed E-state index contributed by atoms with van der Waals surface area (Å²) in [6, 6.07) is 5.61. The van der Waals surface area contributed by atoms with E-state index >= 15 is 0 Å². The molecule has 0 spiro atoms. The number of nitrogens with zero attached hydrogens (tertiary/aromatic N) is 2. The highest BCUT2D eigenvalue weighted by molar-refractivity contribution is 5.81. The van der Waals surface area contributed by atoms with Gasteiger partial charge in [0.1, 0.15) is 0 Å². The van der Waals surface area contributed by atoms with Crippen molar-refractivity contribution in [3.05, 3.63) is 35.5 Å². The van der Waals surface area contributed by atoms with Crippen molar-refractivity contribution in [1.29, 1.82) is 0 Å². The average molecular weight is 360 g/mol. The molecule has 0 aliphatic carbocycles. The molecule has 0 bridgehead atoms. The summed E-state index contributed by atoms with van der Waals surface area (Å²) in [6.45, 7) is 1.39. The molecule has 1 aromatic carbocycles. The summed E-state index contributed by atoms with van der Waals surface area (Å²) >= 11 is 0. The number of ether oxygens (including phenoxy) is 2. The molecule has 1 unspecified atom stereocenters. The third-order valence-electron chi connectivity index (χ3n) is 4.34. The van der Waals surface area contributed by atoms with Gasteiger partial charge in [-0.1, -0.05) is 11.2 Å². The Kier molecular flexibility index (Phi) is 6.06. The number of methoxy groups -OCH3 is 2. The van der Waals surface area contributed by atoms with Gasteiger partial charge in [0.2, 0.25) is 11.8 Å². The van der Waals surface area contributed by atoms with Crippen LogP contribution >= 0.6 is 0 Å². The fraction of sp³-hybridized carbons (Fsp3) is 0.500. The van der Waals surface area contributed by atoms with Crippen molar-refractivity contribution < 1.29 is 18.8 Å². The van der Waals surface area contributed by atoms with Gasteiger partial charge in [-0.25, -0.2) is 0 Å². The Morgan fingerprint density at radius 3 is 2.92 bits per heavy atom. The summed E-state index contributed by atoms with van der Waals surface area (Å²) in [5.41, 5.74) is 0.996. The lowest BCUT2D eigenvalue weighted by molar-refractivity contribution is -0.122. The average Bonchev–Trinajstić information content (AvgIpc) is 3.34. The van der Waals surface area contributed by atoms with Crippen molar-refractivity contribution >= 4 is 5.91 Å². The normalized spacial score (nSPS) is 16.5. The number of carbonyl (C=O) groups excluding carboxylic acids is 1. The molecule has 2 aromatic rings. The minimum atomic E-state index is -0.0710. The number of amides is 1. The number of hydrogen-bond donors (Lipinski definition) is 2. The van der Waals surface area contributed by atoms with Gasteiger partial charge in [0, 0.05) is 19.4 Å². The van der Waals surface area contributed by atoms with Crippen molar-refractivity contribution in [2.75, 3.05) is 27.3 Å². The van der Waals surface area contributed by atoms with Gasteiger partial charge < -0.3 is 24.6 Å². The van der Waals surface area contributed by atoms with Gasteiger partial charge in [0.25, 0.3) is 0 Å². The van der Waals surface area contributed by atoms with Crippen LogP contribution in [0.3, 0.4) is 0 Å². The summed E-state index contributed by atoms with van der Waals surface area (Å²) in [7, 11) is 3.20. The van der Waals surface area contributed by atoms with Crippen molar-refractivity contribution in [1.82, 2.24) is 20.8 Å². The third-order valence-corrected chi connectivity index (χ3v) is 4.34. The minimum absolute atomic E-state index is 0.0348. The Morgan fingerprint density at radius 2 is 2.19 bits per heavy atom. The molecule has 1 aliphatic heterocycles. The van der Waals surface area contributed by atoms with Crippen LogP contribution < -0.4 is 20.1 Å². The Labute approximate surface area is 152 Å². The van der Waals surface area contributed by atoms with Crippen LogP contribution in [0.4, 0.5) is 0 Å². The molecule has 1 fully saturated rings. The van der Waals surface area contributed by atoms with Crippen molar-refractivity contribution in [3.8, 4) is 11.5 Å². The van der Waals surface area contributed by atoms with E-state index in [1.54, 1.807) is 14.2 Å². The van der Waals surface area contributed by atoms with Gasteiger partial charge in [0.15, 0.2) is 17.3 Å². The molecule has 1 saturated heterocycles. The van der Waals surface area contributed by atoms with Gasteiger partial charge in [-0.2, -0.15) is 4.98 Å². The fourth-order valence-electron chi connectivity index (χ4n) is 2.96. The second kappa shape index (κ2) is 8.66. The zero-order valence-electron chi connectivity index (χ0n) is 15.1. The van der Waals surface area contributed by atoms with E-state index in [9.17, 15) is 4.79 Å². The Bertz CT molecular complexity index is 741. The molecule has 1 amide bonds. The van der Waals surface area contributed by atoms with Crippen LogP contribution in [-0.2, 0) is 17.6 Å². The van der Waals surface area contributed by atoms with Crippen molar-refractivity contribution in [2.24, 2.45) is 0 Å². The summed E-state index contributed by atoms with van der Waals surface area (Å²) in [5, 5.41) is 10.1. The van der Waals surface area contributed by atoms with Gasteiger partial charge in [-0.3, -0.25) is 4.79 Å². The van der Waals surface area contributed by atoms with E-state index in [4.69, 9.17) is 14.0 Å². The molecule has 26 heavy (non-hydrogen) atoms. The first-order valence-electron chi connectivity index (χ1n) is 8.73. The molecule has 0 radical (unpaired) electrons. The summed E-state index contributed by atoms with van der Waals surface area (Å²) in [6.07, 6.45) is 2.97. The number of carbonyl (C=O) groups is 1. The van der Waals surface area contributed by atoms with E-state index in [1.165, 1.54) is 0 Å². The number of rotatable bonds is 8. The summed E-state index contributed by atoms with van der Waals surface area (Å²) < 4.78 is 15.8. The molecule has 2 heterocycles. The van der Waals surface area contributed by atoms with E-state index in [2.05, 4.69) is 20.8 Å². The zero-order chi connectivity index (χ0) is 18.4. The molecule has 8 heteroatoms. The first kappa shape index (κ1) is 18.2. The second-order valence-electron chi connectivity index (χ2n) is 6.16. The number of benzene rings is 1. The quantitative estimate of drug-likeness (QED) is 0.727. The number of hydrogen-bond acceptors (Lipinski definition) is 7. The first-order chi connectivity index (χ1) is 12.7. The SMILES string of the molecule is COc1ccc(Cc2noc(CCNC(=O)C3CCCN3)n2)cc1OC. The minimum Gasteiger partial charge on any atom is -0.493 e. The molecular formula is C18H24N4O4. The van der Waals surface area contributed by atoms with Crippen LogP contribution in [0.25, 0.3) is 0 Å². The van der Waals surface area contributed by atoms with Gasteiger partial charge >= 0.3 is 0 Å². The number of aromatic nitrogens is 2. The van der Waals surface area contributed by atoms with Crippen LogP contribution in [0.1, 0.15) is 30.1 Å². The lowest BCUT2D eigenvalue weighted by Crippen LogP contribution is -2.41. The molecule has 2 N–H and O–H groups in total. The maximum Gasteiger partial charge on any atom is 0.237 e. The van der Waals surface area contributed by atoms with Crippen molar-refractivity contribution in [3.63, 3.8) is 0 Å². The molecule has 0 saturated carbocycles. The fourth-order valence-corrected chi connectivity index (χ4v) is 2.96. The van der Waals surface area contributed by atoms with E-state index in [1.807, 2.05) is 18.2 Å². The van der Waals surface area contributed by atoms with Crippen LogP contribution in [0, 0.1) is 0 Å². The standard InChI is InChI=1S/C18H24N4O4/c1-24-14-6-5-12(10-15(14)25-2)11-16-21-17(26-22-16)7-9-20-18(23)13-4-3-8-19-13/h5-6,10,13,19H,3-4,7-9,11H2,1-2H3,(H,20,23). The van der Waals surface area contributed by atoms with E-state index in [0.29, 0.717) is 42.6 Å². The summed E-state index contributed by atoms with van der Waals surface area (Å²) in [4.78, 5) is 16.3. The maximum atomic E-state index is 11.9. The van der Waals surface area contributed by atoms with Gasteiger partial charge in [-0.05, 0) is 37.1 Å². The first-order valence-corrected chi connectivity index (χ1v) is 8.73. The van der Waals surface area contributed by atoms with Gasteiger partial charge in [0.05, 0.1) is 20.3 Å². The highest BCUT2D eigenvalue weighted by Gasteiger charge is 2.21. The Balaban J connectivity index is 1.50. The summed E-state index contributed by atoms with van der Waals surface area (Å²) in [5.74, 6) is 2.48. The van der Waals surface area contributed by atoms with E-state index in [-0.39, 0.29) is 11.9 Å². The Morgan fingerprint density at radius 1 is 1.35 bits per heavy atom. The third kappa shape index (κ3) is 4.51. The predicted molar refractivity (Wildman–Crippen MR) is 94.4 cm³/mol.